The van der Waals surface area contributed by atoms with Crippen molar-refractivity contribution in [1.29, 1.82) is 0 Å². The van der Waals surface area contributed by atoms with Gasteiger partial charge in [-0.15, -0.1) is 0 Å². The van der Waals surface area contributed by atoms with Crippen LogP contribution in [0.1, 0.15) is 12.0 Å². The molecule has 1 amide bonds. The van der Waals surface area contributed by atoms with Gasteiger partial charge in [0, 0.05) is 24.8 Å². The molecule has 0 saturated heterocycles. The van der Waals surface area contributed by atoms with Crippen molar-refractivity contribution in [1.82, 2.24) is 19.9 Å². The Morgan fingerprint density at radius 2 is 1.55 bits per heavy atom. The number of para-hydroxylation sites is 3. The number of aryl methyl sites for hydroxylation is 1. The third kappa shape index (κ3) is 4.13. The van der Waals surface area contributed by atoms with Crippen LogP contribution in [-0.4, -0.2) is 37.6 Å². The van der Waals surface area contributed by atoms with Crippen molar-refractivity contribution < 1.29 is 14.7 Å². The van der Waals surface area contributed by atoms with Crippen LogP contribution in [0.3, 0.4) is 0 Å². The van der Waals surface area contributed by atoms with Crippen molar-refractivity contribution in [3.8, 4) is 0 Å². The second-order valence-electron chi connectivity index (χ2n) is 7.95. The molecule has 7 nitrogen and oxygen atoms in total. The highest BCUT2D eigenvalue weighted by Crippen LogP contribution is 2.28. The molecule has 0 spiro atoms. The van der Waals surface area contributed by atoms with Crippen LogP contribution in [-0.2, 0) is 22.6 Å². The molecule has 2 aromatic heterocycles. The Balaban J connectivity index is 1.41. The molecule has 0 aliphatic heterocycles. The van der Waals surface area contributed by atoms with E-state index in [1.54, 1.807) is 0 Å². The summed E-state index contributed by atoms with van der Waals surface area (Å²) in [6, 6.07) is 23.9. The van der Waals surface area contributed by atoms with Crippen LogP contribution < -0.4 is 5.32 Å². The molecule has 0 aliphatic rings. The minimum absolute atomic E-state index is 0.126. The second kappa shape index (κ2) is 8.70. The summed E-state index contributed by atoms with van der Waals surface area (Å²) in [5.74, 6) is -1.38. The lowest BCUT2D eigenvalue weighted by Gasteiger charge is -2.15. The monoisotopic (exact) mass is 438 g/mol. The van der Waals surface area contributed by atoms with Gasteiger partial charge in [-0.1, -0.05) is 60.7 Å². The average molecular weight is 438 g/mol. The molecule has 0 saturated carbocycles. The Morgan fingerprint density at radius 1 is 0.879 bits per heavy atom. The third-order valence-electron chi connectivity index (χ3n) is 5.74. The Hall–Kier alpha value is -4.26. The molecule has 1 unspecified atom stereocenters. The minimum Gasteiger partial charge on any atom is -0.480 e. The summed E-state index contributed by atoms with van der Waals surface area (Å²) >= 11 is 0. The predicted octanol–water partition coefficient (Wildman–Crippen LogP) is 3.94. The zero-order valence-electron chi connectivity index (χ0n) is 17.8. The molecule has 0 fully saturated rings. The Bertz CT molecular complexity index is 1480. The molecule has 164 valence electrons. The van der Waals surface area contributed by atoms with Gasteiger partial charge in [0.05, 0.1) is 16.6 Å². The van der Waals surface area contributed by atoms with Gasteiger partial charge in [0.2, 0.25) is 5.91 Å². The van der Waals surface area contributed by atoms with Crippen LogP contribution in [0.4, 0.5) is 0 Å². The number of hydrogen-bond donors (Lipinski definition) is 2. The number of carboxylic acids is 1. The van der Waals surface area contributed by atoms with Crippen LogP contribution in [0.2, 0.25) is 0 Å². The highest BCUT2D eigenvalue weighted by molar-refractivity contribution is 6.06. The van der Waals surface area contributed by atoms with Crippen molar-refractivity contribution >= 4 is 45.0 Å². The summed E-state index contributed by atoms with van der Waals surface area (Å²) in [7, 11) is 0. The van der Waals surface area contributed by atoms with E-state index >= 15 is 0 Å². The molecule has 0 aliphatic carbocycles. The van der Waals surface area contributed by atoms with E-state index in [4.69, 9.17) is 9.97 Å². The fraction of sp³-hybridized carbons (Fsp3) is 0.154. The molecular formula is C26H22N4O3. The third-order valence-corrected chi connectivity index (χ3v) is 5.74. The lowest BCUT2D eigenvalue weighted by Crippen LogP contribution is -2.42. The number of rotatable bonds is 7. The van der Waals surface area contributed by atoms with Crippen LogP contribution in [0.5, 0.6) is 0 Å². The lowest BCUT2D eigenvalue weighted by atomic mass is 10.1. The zero-order chi connectivity index (χ0) is 22.8. The van der Waals surface area contributed by atoms with Gasteiger partial charge in [0.1, 0.15) is 11.6 Å². The normalized spacial score (nSPS) is 12.2. The Kier molecular flexibility index (Phi) is 5.44. The van der Waals surface area contributed by atoms with E-state index in [1.807, 2.05) is 83.4 Å². The molecular weight excluding hydrogens is 416 g/mol. The summed E-state index contributed by atoms with van der Waals surface area (Å²) in [5.41, 5.74) is 4.89. The number of aliphatic carboxylic acids is 1. The SMILES string of the molecule is O=C(CCn1c2ccccc2c2nc3ccccc3nc21)NC(Cc1ccccc1)C(=O)O. The van der Waals surface area contributed by atoms with Gasteiger partial charge >= 0.3 is 5.97 Å². The number of carbonyl (C=O) groups excluding carboxylic acids is 1. The number of benzene rings is 3. The van der Waals surface area contributed by atoms with E-state index in [-0.39, 0.29) is 18.7 Å². The summed E-state index contributed by atoms with van der Waals surface area (Å²) in [6.07, 6.45) is 0.357. The topological polar surface area (TPSA) is 97.1 Å². The maximum Gasteiger partial charge on any atom is 0.326 e. The van der Waals surface area contributed by atoms with Gasteiger partial charge in [0.25, 0.3) is 0 Å². The second-order valence-corrected chi connectivity index (χ2v) is 7.95. The fourth-order valence-corrected chi connectivity index (χ4v) is 4.14. The first-order valence-electron chi connectivity index (χ1n) is 10.8. The van der Waals surface area contributed by atoms with Gasteiger partial charge in [0.15, 0.2) is 5.65 Å². The molecule has 0 radical (unpaired) electrons. The summed E-state index contributed by atoms with van der Waals surface area (Å²) in [4.78, 5) is 34.0. The number of hydrogen-bond acceptors (Lipinski definition) is 4. The molecule has 5 aromatic rings. The van der Waals surface area contributed by atoms with E-state index in [0.29, 0.717) is 12.2 Å². The van der Waals surface area contributed by atoms with Gasteiger partial charge in [-0.2, -0.15) is 0 Å². The van der Waals surface area contributed by atoms with Crippen molar-refractivity contribution in [2.75, 3.05) is 0 Å². The van der Waals surface area contributed by atoms with Crippen molar-refractivity contribution in [2.24, 2.45) is 0 Å². The van der Waals surface area contributed by atoms with Crippen LogP contribution in [0.15, 0.2) is 78.9 Å². The maximum absolute atomic E-state index is 12.7. The quantitative estimate of drug-likeness (QED) is 0.401. The molecule has 5 rings (SSSR count). The van der Waals surface area contributed by atoms with Crippen LogP contribution >= 0.6 is 0 Å². The largest absolute Gasteiger partial charge is 0.480 e. The van der Waals surface area contributed by atoms with Gasteiger partial charge < -0.3 is 15.0 Å². The molecule has 1 atom stereocenters. The first-order valence-corrected chi connectivity index (χ1v) is 10.8. The van der Waals surface area contributed by atoms with E-state index in [0.717, 1.165) is 33.0 Å². The Labute approximate surface area is 189 Å². The molecule has 33 heavy (non-hydrogen) atoms. The van der Waals surface area contributed by atoms with Crippen LogP contribution in [0, 0.1) is 0 Å². The molecule has 2 heterocycles. The Morgan fingerprint density at radius 3 is 2.30 bits per heavy atom. The first-order chi connectivity index (χ1) is 16.1. The first kappa shape index (κ1) is 20.6. The number of carboxylic acid groups (broad SMARTS) is 1. The van der Waals surface area contributed by atoms with Crippen molar-refractivity contribution in [3.05, 3.63) is 84.4 Å². The highest BCUT2D eigenvalue weighted by Gasteiger charge is 2.21. The van der Waals surface area contributed by atoms with Gasteiger partial charge in [-0.05, 0) is 23.8 Å². The molecule has 3 aromatic carbocycles. The standard InChI is InChI=1S/C26H22N4O3/c31-23(27-21(26(32)33)16-17-8-2-1-3-9-17)14-15-30-22-13-7-4-10-18(22)24-25(30)29-20-12-6-5-11-19(20)28-24/h1-13,21H,14-16H2,(H,27,31)(H,32,33). The van der Waals surface area contributed by atoms with Gasteiger partial charge in [-0.25, -0.2) is 14.8 Å². The van der Waals surface area contributed by atoms with Crippen LogP contribution in [0.25, 0.3) is 33.1 Å². The number of nitrogens with one attached hydrogen (secondary N) is 1. The predicted molar refractivity (Wildman–Crippen MR) is 127 cm³/mol. The average Bonchev–Trinajstić information content (AvgIpc) is 3.14. The van der Waals surface area contributed by atoms with E-state index in [1.165, 1.54) is 0 Å². The lowest BCUT2D eigenvalue weighted by molar-refractivity contribution is -0.141. The highest BCUT2D eigenvalue weighted by atomic mass is 16.4. The fourth-order valence-electron chi connectivity index (χ4n) is 4.14. The van der Waals surface area contributed by atoms with E-state index in [9.17, 15) is 14.7 Å². The van der Waals surface area contributed by atoms with E-state index in [2.05, 4.69) is 5.32 Å². The molecule has 7 heteroatoms. The van der Waals surface area contributed by atoms with Gasteiger partial charge in [-0.3, -0.25) is 4.79 Å². The summed E-state index contributed by atoms with van der Waals surface area (Å²) < 4.78 is 1.98. The zero-order valence-corrected chi connectivity index (χ0v) is 17.8. The van der Waals surface area contributed by atoms with Crippen molar-refractivity contribution in [2.45, 2.75) is 25.4 Å². The van der Waals surface area contributed by atoms with E-state index < -0.39 is 12.0 Å². The number of amides is 1. The maximum atomic E-state index is 12.7. The van der Waals surface area contributed by atoms with Crippen molar-refractivity contribution in [3.63, 3.8) is 0 Å². The number of nitrogens with zero attached hydrogens (tertiary/aromatic N) is 3. The number of fused-ring (bicyclic) bond motifs is 4. The minimum atomic E-state index is -1.05. The molecule has 0 bridgehead atoms. The molecule has 2 N–H and O–H groups in total. The number of carbonyl (C=O) groups is 2. The summed E-state index contributed by atoms with van der Waals surface area (Å²) in [5, 5.41) is 13.2. The smallest absolute Gasteiger partial charge is 0.326 e. The summed E-state index contributed by atoms with van der Waals surface area (Å²) in [6.45, 7) is 0.362. The number of aromatic nitrogens is 3.